The van der Waals surface area contributed by atoms with Gasteiger partial charge in [0.15, 0.2) is 0 Å². The van der Waals surface area contributed by atoms with Gasteiger partial charge in [0.05, 0.1) is 18.0 Å². The highest BCUT2D eigenvalue weighted by Gasteiger charge is 2.32. The van der Waals surface area contributed by atoms with E-state index in [1.54, 1.807) is 0 Å². The molecule has 0 saturated carbocycles. The first-order valence-corrected chi connectivity index (χ1v) is 9.49. The lowest BCUT2D eigenvalue weighted by atomic mass is 9.89. The molecule has 27 heavy (non-hydrogen) atoms. The second-order valence-corrected chi connectivity index (χ2v) is 8.31. The molecule has 0 spiro atoms. The van der Waals surface area contributed by atoms with E-state index in [0.717, 1.165) is 23.7 Å². The van der Waals surface area contributed by atoms with Crippen molar-refractivity contribution in [1.29, 1.82) is 0 Å². The molecule has 140 valence electrons. The average molecular weight is 361 g/mol. The smallest absolute Gasteiger partial charge is 0.140 e. The van der Waals surface area contributed by atoms with Crippen LogP contribution in [0.3, 0.4) is 0 Å². The Morgan fingerprint density at radius 2 is 1.70 bits per heavy atom. The predicted octanol–water partition coefficient (Wildman–Crippen LogP) is 4.97. The standard InChI is InChI=1S/C23H27N3O/c1-17-10-12-18(13-11-17)14-25-16-27-15-20-21(23(2,3)4)24-26(22(20)25)19-8-6-5-7-9-19/h5-13H,14-16H2,1-4H3. The predicted molar refractivity (Wildman–Crippen MR) is 109 cm³/mol. The highest BCUT2D eigenvalue weighted by atomic mass is 16.5. The van der Waals surface area contributed by atoms with Crippen LogP contribution in [0.15, 0.2) is 54.6 Å². The number of hydrogen-bond acceptors (Lipinski definition) is 3. The Kier molecular flexibility index (Phi) is 4.52. The maximum Gasteiger partial charge on any atom is 0.140 e. The molecule has 0 unspecified atom stereocenters. The largest absolute Gasteiger partial charge is 0.356 e. The summed E-state index contributed by atoms with van der Waals surface area (Å²) in [5.41, 5.74) is 5.90. The normalized spacial score (nSPS) is 14.3. The van der Waals surface area contributed by atoms with Crippen molar-refractivity contribution in [3.8, 4) is 5.69 Å². The molecule has 0 saturated heterocycles. The van der Waals surface area contributed by atoms with Gasteiger partial charge in [0.1, 0.15) is 12.5 Å². The molecular formula is C23H27N3O. The first-order chi connectivity index (χ1) is 12.9. The maximum atomic E-state index is 5.96. The highest BCUT2D eigenvalue weighted by Crippen LogP contribution is 2.37. The van der Waals surface area contributed by atoms with Crippen molar-refractivity contribution in [2.45, 2.75) is 46.3 Å². The van der Waals surface area contributed by atoms with Gasteiger partial charge in [-0.2, -0.15) is 5.10 Å². The third-order valence-electron chi connectivity index (χ3n) is 4.95. The molecule has 2 aromatic carbocycles. The van der Waals surface area contributed by atoms with Gasteiger partial charge in [-0.15, -0.1) is 0 Å². The Labute approximate surface area is 161 Å². The van der Waals surface area contributed by atoms with E-state index in [1.165, 1.54) is 16.7 Å². The minimum Gasteiger partial charge on any atom is -0.356 e. The molecule has 1 aromatic heterocycles. The van der Waals surface area contributed by atoms with Crippen molar-refractivity contribution >= 4 is 5.82 Å². The third-order valence-corrected chi connectivity index (χ3v) is 4.95. The SMILES string of the molecule is Cc1ccc(CN2COCc3c(C(C)(C)C)nn(-c4ccccc4)c32)cc1. The van der Waals surface area contributed by atoms with Crippen LogP contribution < -0.4 is 4.90 Å². The summed E-state index contributed by atoms with van der Waals surface area (Å²) in [6.45, 7) is 10.7. The van der Waals surface area contributed by atoms with Crippen LogP contribution in [0.4, 0.5) is 5.82 Å². The summed E-state index contributed by atoms with van der Waals surface area (Å²) in [6, 6.07) is 19.1. The molecule has 0 radical (unpaired) electrons. The van der Waals surface area contributed by atoms with Crippen molar-refractivity contribution in [2.24, 2.45) is 0 Å². The van der Waals surface area contributed by atoms with Gasteiger partial charge < -0.3 is 9.64 Å². The van der Waals surface area contributed by atoms with Crippen molar-refractivity contribution in [2.75, 3.05) is 11.6 Å². The lowest BCUT2D eigenvalue weighted by molar-refractivity contribution is 0.107. The lowest BCUT2D eigenvalue weighted by Crippen LogP contribution is -2.32. The average Bonchev–Trinajstić information content (AvgIpc) is 3.05. The molecule has 0 amide bonds. The zero-order chi connectivity index (χ0) is 19.0. The summed E-state index contributed by atoms with van der Waals surface area (Å²) >= 11 is 0. The summed E-state index contributed by atoms with van der Waals surface area (Å²) in [6.07, 6.45) is 0. The molecule has 0 bridgehead atoms. The Morgan fingerprint density at radius 1 is 1.00 bits per heavy atom. The number of aromatic nitrogens is 2. The topological polar surface area (TPSA) is 30.3 Å². The molecule has 1 aliphatic rings. The van der Waals surface area contributed by atoms with E-state index in [0.29, 0.717) is 13.3 Å². The molecule has 0 N–H and O–H groups in total. The number of fused-ring (bicyclic) bond motifs is 1. The number of rotatable bonds is 3. The van der Waals surface area contributed by atoms with E-state index in [-0.39, 0.29) is 5.41 Å². The van der Waals surface area contributed by atoms with E-state index in [4.69, 9.17) is 9.84 Å². The summed E-state index contributed by atoms with van der Waals surface area (Å²) in [7, 11) is 0. The molecule has 4 rings (SSSR count). The molecular weight excluding hydrogens is 334 g/mol. The third kappa shape index (κ3) is 3.50. The number of ether oxygens (including phenoxy) is 1. The van der Waals surface area contributed by atoms with Crippen LogP contribution in [-0.2, 0) is 23.3 Å². The van der Waals surface area contributed by atoms with Crippen LogP contribution >= 0.6 is 0 Å². The van der Waals surface area contributed by atoms with Gasteiger partial charge in [0, 0.05) is 17.5 Å². The zero-order valence-corrected chi connectivity index (χ0v) is 16.6. The van der Waals surface area contributed by atoms with Gasteiger partial charge in [-0.25, -0.2) is 4.68 Å². The monoisotopic (exact) mass is 361 g/mol. The molecule has 2 heterocycles. The second-order valence-electron chi connectivity index (χ2n) is 8.31. The first kappa shape index (κ1) is 17.8. The number of hydrogen-bond donors (Lipinski definition) is 0. The van der Waals surface area contributed by atoms with Crippen molar-refractivity contribution in [3.05, 3.63) is 77.0 Å². The van der Waals surface area contributed by atoms with E-state index in [1.807, 2.05) is 6.07 Å². The molecule has 0 aliphatic carbocycles. The van der Waals surface area contributed by atoms with Gasteiger partial charge in [0.25, 0.3) is 0 Å². The van der Waals surface area contributed by atoms with Crippen LogP contribution in [-0.4, -0.2) is 16.5 Å². The van der Waals surface area contributed by atoms with Gasteiger partial charge >= 0.3 is 0 Å². The Bertz CT molecular complexity index is 921. The van der Waals surface area contributed by atoms with Gasteiger partial charge in [-0.1, -0.05) is 68.8 Å². The molecule has 3 aromatic rings. The molecule has 0 atom stereocenters. The fourth-order valence-corrected chi connectivity index (χ4v) is 3.60. The molecule has 4 nitrogen and oxygen atoms in total. The van der Waals surface area contributed by atoms with E-state index in [2.05, 4.69) is 85.8 Å². The molecule has 1 aliphatic heterocycles. The van der Waals surface area contributed by atoms with Crippen molar-refractivity contribution < 1.29 is 4.74 Å². The number of benzene rings is 2. The second kappa shape index (κ2) is 6.86. The summed E-state index contributed by atoms with van der Waals surface area (Å²) in [4.78, 5) is 2.29. The first-order valence-electron chi connectivity index (χ1n) is 9.49. The van der Waals surface area contributed by atoms with Crippen molar-refractivity contribution in [3.63, 3.8) is 0 Å². The van der Waals surface area contributed by atoms with Gasteiger partial charge in [-0.05, 0) is 24.6 Å². The number of anilines is 1. The quantitative estimate of drug-likeness (QED) is 0.660. The Hall–Kier alpha value is -2.59. The maximum absolute atomic E-state index is 5.96. The number of nitrogens with zero attached hydrogens (tertiary/aromatic N) is 3. The van der Waals surface area contributed by atoms with Crippen molar-refractivity contribution in [1.82, 2.24) is 9.78 Å². The van der Waals surface area contributed by atoms with Crippen LogP contribution in [0.5, 0.6) is 0 Å². The fourth-order valence-electron chi connectivity index (χ4n) is 3.60. The molecule has 4 heteroatoms. The van der Waals surface area contributed by atoms with Gasteiger partial charge in [-0.3, -0.25) is 0 Å². The van der Waals surface area contributed by atoms with E-state index < -0.39 is 0 Å². The fraction of sp³-hybridized carbons (Fsp3) is 0.348. The number of aryl methyl sites for hydroxylation is 1. The minimum atomic E-state index is -0.0413. The number of para-hydroxylation sites is 1. The van der Waals surface area contributed by atoms with E-state index in [9.17, 15) is 0 Å². The molecule has 0 fully saturated rings. The highest BCUT2D eigenvalue weighted by molar-refractivity contribution is 5.57. The van der Waals surface area contributed by atoms with Crippen LogP contribution in [0.1, 0.15) is 43.2 Å². The summed E-state index contributed by atoms with van der Waals surface area (Å²) < 4.78 is 8.05. The Morgan fingerprint density at radius 3 is 2.37 bits per heavy atom. The minimum absolute atomic E-state index is 0.0413. The van der Waals surface area contributed by atoms with Crippen LogP contribution in [0.2, 0.25) is 0 Å². The van der Waals surface area contributed by atoms with Gasteiger partial charge in [0.2, 0.25) is 0 Å². The summed E-state index contributed by atoms with van der Waals surface area (Å²) in [5, 5.41) is 5.03. The Balaban J connectivity index is 1.82. The lowest BCUT2D eigenvalue weighted by Gasteiger charge is -2.31. The van der Waals surface area contributed by atoms with Crippen LogP contribution in [0.25, 0.3) is 5.69 Å². The van der Waals surface area contributed by atoms with E-state index >= 15 is 0 Å². The van der Waals surface area contributed by atoms with Crippen LogP contribution in [0, 0.1) is 6.92 Å². The zero-order valence-electron chi connectivity index (χ0n) is 16.6. The summed E-state index contributed by atoms with van der Waals surface area (Å²) in [5.74, 6) is 1.15.